The summed E-state index contributed by atoms with van der Waals surface area (Å²) in [5, 5.41) is 0. The molecule has 1 saturated carbocycles. The van der Waals surface area contributed by atoms with E-state index in [9.17, 15) is 9.59 Å². The molecule has 0 N–H and O–H groups in total. The van der Waals surface area contributed by atoms with Gasteiger partial charge in [-0.2, -0.15) is 0 Å². The van der Waals surface area contributed by atoms with Gasteiger partial charge >= 0.3 is 5.69 Å². The first-order chi connectivity index (χ1) is 15.2. The van der Waals surface area contributed by atoms with E-state index in [0.29, 0.717) is 37.3 Å². The van der Waals surface area contributed by atoms with Crippen LogP contribution in [0.25, 0.3) is 11.2 Å². The van der Waals surface area contributed by atoms with Crippen LogP contribution < -0.4 is 11.2 Å². The molecule has 164 valence electrons. The van der Waals surface area contributed by atoms with Crippen molar-refractivity contribution in [2.24, 2.45) is 0 Å². The third-order valence-electron chi connectivity index (χ3n) is 6.01. The number of aromatic nitrogens is 4. The molecule has 8 nitrogen and oxygen atoms in total. The number of ether oxygens (including phenoxy) is 2. The van der Waals surface area contributed by atoms with Crippen molar-refractivity contribution in [1.29, 1.82) is 0 Å². The van der Waals surface area contributed by atoms with Gasteiger partial charge in [0.2, 0.25) is 0 Å². The molecule has 2 fully saturated rings. The van der Waals surface area contributed by atoms with Crippen molar-refractivity contribution < 1.29 is 9.47 Å². The van der Waals surface area contributed by atoms with E-state index in [1.807, 2.05) is 34.9 Å². The second kappa shape index (κ2) is 8.80. The number of nitrogens with zero attached hydrogens (tertiary/aromatic N) is 4. The van der Waals surface area contributed by atoms with Gasteiger partial charge in [-0.1, -0.05) is 30.3 Å². The molecule has 1 atom stereocenters. The Kier molecular flexibility index (Phi) is 5.74. The van der Waals surface area contributed by atoms with E-state index in [2.05, 4.69) is 4.98 Å². The fourth-order valence-electron chi connectivity index (χ4n) is 4.24. The van der Waals surface area contributed by atoms with E-state index >= 15 is 0 Å². The molecule has 0 spiro atoms. The predicted molar refractivity (Wildman–Crippen MR) is 116 cm³/mol. The zero-order valence-electron chi connectivity index (χ0n) is 17.6. The van der Waals surface area contributed by atoms with Crippen LogP contribution in [0.15, 0.2) is 46.2 Å². The molecular formula is C23H28N4O4. The molecule has 5 rings (SSSR count). The third-order valence-corrected chi connectivity index (χ3v) is 6.01. The molecule has 0 bridgehead atoms. The monoisotopic (exact) mass is 424 g/mol. The summed E-state index contributed by atoms with van der Waals surface area (Å²) < 4.78 is 16.3. The largest absolute Gasteiger partial charge is 0.353 e. The Morgan fingerprint density at radius 1 is 1.10 bits per heavy atom. The second-order valence-electron chi connectivity index (χ2n) is 8.39. The highest BCUT2D eigenvalue weighted by Gasteiger charge is 2.30. The van der Waals surface area contributed by atoms with Crippen LogP contribution >= 0.6 is 0 Å². The lowest BCUT2D eigenvalue weighted by Crippen LogP contribution is -2.40. The smallest absolute Gasteiger partial charge is 0.333 e. The molecule has 8 heteroatoms. The average molecular weight is 425 g/mol. The lowest BCUT2D eigenvalue weighted by atomic mass is 10.2. The van der Waals surface area contributed by atoms with Crippen LogP contribution in [0.2, 0.25) is 0 Å². The number of benzene rings is 1. The molecule has 0 amide bonds. The van der Waals surface area contributed by atoms with E-state index in [4.69, 9.17) is 9.47 Å². The van der Waals surface area contributed by atoms with Gasteiger partial charge in [0.05, 0.1) is 12.9 Å². The molecule has 0 radical (unpaired) electrons. The summed E-state index contributed by atoms with van der Waals surface area (Å²) in [7, 11) is 0. The fraction of sp³-hybridized carbons (Fsp3) is 0.522. The normalized spacial score (nSPS) is 19.2. The van der Waals surface area contributed by atoms with Crippen LogP contribution in [0, 0.1) is 0 Å². The van der Waals surface area contributed by atoms with Gasteiger partial charge < -0.3 is 14.0 Å². The summed E-state index contributed by atoms with van der Waals surface area (Å²) in [6, 6.07) is 10.1. The minimum Gasteiger partial charge on any atom is -0.353 e. The molecule has 1 aromatic carbocycles. The van der Waals surface area contributed by atoms with Crippen molar-refractivity contribution in [3.8, 4) is 0 Å². The van der Waals surface area contributed by atoms with Crippen molar-refractivity contribution in [2.75, 3.05) is 13.2 Å². The zero-order chi connectivity index (χ0) is 21.2. The van der Waals surface area contributed by atoms with Gasteiger partial charge in [0, 0.05) is 25.7 Å². The maximum absolute atomic E-state index is 13.3. The maximum Gasteiger partial charge on any atom is 0.333 e. The number of hydrogen-bond acceptors (Lipinski definition) is 5. The zero-order valence-corrected chi connectivity index (χ0v) is 17.6. The van der Waals surface area contributed by atoms with E-state index in [1.165, 1.54) is 4.57 Å². The van der Waals surface area contributed by atoms with Crippen LogP contribution in [-0.2, 0) is 22.6 Å². The molecule has 3 heterocycles. The van der Waals surface area contributed by atoms with Crippen LogP contribution in [0.3, 0.4) is 0 Å². The van der Waals surface area contributed by atoms with Crippen LogP contribution in [0.4, 0.5) is 0 Å². The van der Waals surface area contributed by atoms with Crippen molar-refractivity contribution in [1.82, 2.24) is 18.7 Å². The summed E-state index contributed by atoms with van der Waals surface area (Å²) in [6.07, 6.45) is 7.07. The van der Waals surface area contributed by atoms with Gasteiger partial charge in [0.25, 0.3) is 5.56 Å². The lowest BCUT2D eigenvalue weighted by molar-refractivity contribution is -0.163. The van der Waals surface area contributed by atoms with Gasteiger partial charge in [-0.05, 0) is 44.1 Å². The number of imidazole rings is 1. The molecule has 31 heavy (non-hydrogen) atoms. The van der Waals surface area contributed by atoms with Crippen LogP contribution in [0.1, 0.15) is 50.1 Å². The lowest BCUT2D eigenvalue weighted by Gasteiger charge is -2.22. The van der Waals surface area contributed by atoms with E-state index < -0.39 is 0 Å². The molecule has 2 aliphatic rings. The van der Waals surface area contributed by atoms with E-state index in [1.54, 1.807) is 10.9 Å². The Labute approximate surface area is 180 Å². The van der Waals surface area contributed by atoms with Gasteiger partial charge in [-0.25, -0.2) is 9.78 Å². The summed E-state index contributed by atoms with van der Waals surface area (Å²) in [5.74, 6) is 0. The summed E-state index contributed by atoms with van der Waals surface area (Å²) in [5.41, 5.74) is 1.53. The quantitative estimate of drug-likeness (QED) is 0.520. The third kappa shape index (κ3) is 4.22. The SMILES string of the molecule is O=c1c2c(ncn2Cc2ccccc2)n(C2CC2)c(=O)n1CCCOC1CCCCO1. The van der Waals surface area contributed by atoms with Crippen LogP contribution in [-0.4, -0.2) is 38.2 Å². The minimum atomic E-state index is -0.278. The Bertz CT molecular complexity index is 1150. The molecular weight excluding hydrogens is 396 g/mol. The highest BCUT2D eigenvalue weighted by atomic mass is 16.7. The van der Waals surface area contributed by atoms with Crippen molar-refractivity contribution in [3.05, 3.63) is 63.1 Å². The van der Waals surface area contributed by atoms with E-state index in [-0.39, 0.29) is 23.6 Å². The molecule has 1 aliphatic heterocycles. The molecule has 3 aromatic rings. The second-order valence-corrected chi connectivity index (χ2v) is 8.39. The van der Waals surface area contributed by atoms with E-state index in [0.717, 1.165) is 44.3 Å². The van der Waals surface area contributed by atoms with Crippen molar-refractivity contribution >= 4 is 11.2 Å². The first-order valence-corrected chi connectivity index (χ1v) is 11.2. The Morgan fingerprint density at radius 2 is 1.94 bits per heavy atom. The summed E-state index contributed by atoms with van der Waals surface area (Å²) in [4.78, 5) is 31.0. The Hall–Kier alpha value is -2.71. The van der Waals surface area contributed by atoms with Gasteiger partial charge in [-0.15, -0.1) is 0 Å². The average Bonchev–Trinajstić information content (AvgIpc) is 3.55. The first kappa shape index (κ1) is 20.2. The molecule has 1 unspecified atom stereocenters. The van der Waals surface area contributed by atoms with Crippen molar-refractivity contribution in [2.45, 2.75) is 63.9 Å². The summed E-state index contributed by atoms with van der Waals surface area (Å²) in [6.45, 7) is 2.06. The fourth-order valence-corrected chi connectivity index (χ4v) is 4.24. The number of rotatable bonds is 8. The topological polar surface area (TPSA) is 80.3 Å². The Balaban J connectivity index is 1.42. The molecule has 1 aliphatic carbocycles. The standard InChI is InChI=1S/C23H28N4O4/c28-22-20-21(24-16-25(20)15-17-7-2-1-3-8-17)27(18-10-11-18)23(29)26(22)12-6-14-31-19-9-4-5-13-30-19/h1-3,7-8,16,18-19H,4-6,9-15H2. The first-order valence-electron chi connectivity index (χ1n) is 11.2. The van der Waals surface area contributed by atoms with Crippen LogP contribution in [0.5, 0.6) is 0 Å². The predicted octanol–water partition coefficient (Wildman–Crippen LogP) is 2.68. The van der Waals surface area contributed by atoms with Gasteiger partial charge in [0.1, 0.15) is 0 Å². The van der Waals surface area contributed by atoms with Gasteiger partial charge in [-0.3, -0.25) is 13.9 Å². The molecule has 2 aromatic heterocycles. The number of fused-ring (bicyclic) bond motifs is 1. The maximum atomic E-state index is 13.3. The minimum absolute atomic E-state index is 0.133. The highest BCUT2D eigenvalue weighted by molar-refractivity contribution is 5.70. The number of hydrogen-bond donors (Lipinski definition) is 0. The Morgan fingerprint density at radius 3 is 2.68 bits per heavy atom. The highest BCUT2D eigenvalue weighted by Crippen LogP contribution is 2.35. The summed E-state index contributed by atoms with van der Waals surface area (Å²) >= 11 is 0. The molecule has 1 saturated heterocycles. The van der Waals surface area contributed by atoms with Crippen molar-refractivity contribution in [3.63, 3.8) is 0 Å². The van der Waals surface area contributed by atoms with Gasteiger partial charge in [0.15, 0.2) is 17.5 Å².